The Bertz CT molecular complexity index is 733. The van der Waals surface area contributed by atoms with E-state index in [2.05, 4.69) is 5.32 Å². The van der Waals surface area contributed by atoms with Gasteiger partial charge in [-0.3, -0.25) is 14.4 Å². The maximum absolute atomic E-state index is 12.1. The molecule has 0 spiro atoms. The molecule has 0 aliphatic carbocycles. The summed E-state index contributed by atoms with van der Waals surface area (Å²) >= 11 is 0. The zero-order valence-electron chi connectivity index (χ0n) is 13.7. The third-order valence-electron chi connectivity index (χ3n) is 3.45. The molecule has 24 heavy (non-hydrogen) atoms. The molecule has 0 saturated carbocycles. The molecule has 0 bridgehead atoms. The molecular weight excluding hydrogens is 306 g/mol. The molecule has 1 amide bonds. The normalized spacial score (nSPS) is 10.1. The van der Waals surface area contributed by atoms with Gasteiger partial charge in [-0.2, -0.15) is 0 Å². The Morgan fingerprint density at radius 2 is 1.46 bits per heavy atom. The van der Waals surface area contributed by atoms with Crippen molar-refractivity contribution in [3.05, 3.63) is 65.2 Å². The van der Waals surface area contributed by atoms with Gasteiger partial charge in [0.05, 0.1) is 0 Å². The standard InChI is InChI=1S/C19H19NO4/c1-13(21)16-7-9-18(10-8-16)24-12-19(23)17-5-3-15(4-6-17)11-20-14(2)22/h3-10H,11-12H2,1-2H3,(H,20,22). The summed E-state index contributed by atoms with van der Waals surface area (Å²) in [6, 6.07) is 13.7. The number of rotatable bonds is 7. The van der Waals surface area contributed by atoms with E-state index >= 15 is 0 Å². The van der Waals surface area contributed by atoms with Crippen LogP contribution in [0.2, 0.25) is 0 Å². The summed E-state index contributed by atoms with van der Waals surface area (Å²) in [6.07, 6.45) is 0. The lowest BCUT2D eigenvalue weighted by atomic mass is 10.1. The minimum Gasteiger partial charge on any atom is -0.485 e. The predicted molar refractivity (Wildman–Crippen MR) is 90.2 cm³/mol. The molecule has 0 radical (unpaired) electrons. The van der Waals surface area contributed by atoms with Gasteiger partial charge in [0.2, 0.25) is 5.91 Å². The molecule has 2 rings (SSSR count). The second-order valence-electron chi connectivity index (χ2n) is 5.40. The molecule has 0 aliphatic rings. The van der Waals surface area contributed by atoms with Gasteiger partial charge in [0.15, 0.2) is 18.2 Å². The van der Waals surface area contributed by atoms with E-state index in [9.17, 15) is 14.4 Å². The first kappa shape index (κ1) is 17.4. The Hall–Kier alpha value is -2.95. The predicted octanol–water partition coefficient (Wildman–Crippen LogP) is 2.79. The number of ether oxygens (including phenoxy) is 1. The fraction of sp³-hybridized carbons (Fsp3) is 0.211. The summed E-state index contributed by atoms with van der Waals surface area (Å²) in [5.74, 6) is 0.281. The number of carbonyl (C=O) groups is 3. The second kappa shape index (κ2) is 8.06. The quantitative estimate of drug-likeness (QED) is 0.795. The van der Waals surface area contributed by atoms with E-state index < -0.39 is 0 Å². The molecule has 2 aromatic rings. The van der Waals surface area contributed by atoms with Crippen molar-refractivity contribution in [2.24, 2.45) is 0 Å². The number of benzene rings is 2. The van der Waals surface area contributed by atoms with Gasteiger partial charge in [0.1, 0.15) is 5.75 Å². The van der Waals surface area contributed by atoms with Crippen molar-refractivity contribution in [3.8, 4) is 5.75 Å². The van der Waals surface area contributed by atoms with Gasteiger partial charge in [0.25, 0.3) is 0 Å². The van der Waals surface area contributed by atoms with Crippen molar-refractivity contribution >= 4 is 17.5 Å². The summed E-state index contributed by atoms with van der Waals surface area (Å²) in [4.78, 5) is 34.2. The fourth-order valence-corrected chi connectivity index (χ4v) is 2.05. The van der Waals surface area contributed by atoms with Gasteiger partial charge in [-0.1, -0.05) is 24.3 Å². The number of amides is 1. The Kier molecular flexibility index (Phi) is 5.84. The molecule has 2 aromatic carbocycles. The lowest BCUT2D eigenvalue weighted by molar-refractivity contribution is -0.119. The molecule has 0 atom stereocenters. The van der Waals surface area contributed by atoms with E-state index in [-0.39, 0.29) is 24.1 Å². The number of hydrogen-bond donors (Lipinski definition) is 1. The highest BCUT2D eigenvalue weighted by Crippen LogP contribution is 2.13. The molecule has 0 saturated heterocycles. The number of Topliss-reactive ketones (excluding diaryl/α,β-unsaturated/α-hetero) is 2. The Morgan fingerprint density at radius 3 is 2.00 bits per heavy atom. The minimum atomic E-state index is -0.142. The third-order valence-corrected chi connectivity index (χ3v) is 3.45. The first-order valence-electron chi connectivity index (χ1n) is 7.56. The average Bonchev–Trinajstić information content (AvgIpc) is 2.58. The van der Waals surface area contributed by atoms with Gasteiger partial charge in [-0.15, -0.1) is 0 Å². The van der Waals surface area contributed by atoms with E-state index in [1.807, 2.05) is 0 Å². The van der Waals surface area contributed by atoms with Gasteiger partial charge in [0, 0.05) is 24.6 Å². The maximum atomic E-state index is 12.1. The molecular formula is C19H19NO4. The van der Waals surface area contributed by atoms with E-state index in [1.54, 1.807) is 48.5 Å². The zero-order valence-corrected chi connectivity index (χ0v) is 13.7. The highest BCUT2D eigenvalue weighted by atomic mass is 16.5. The second-order valence-corrected chi connectivity index (χ2v) is 5.40. The molecule has 0 fully saturated rings. The summed E-state index contributed by atoms with van der Waals surface area (Å²) in [5, 5.41) is 2.70. The first-order valence-corrected chi connectivity index (χ1v) is 7.56. The topological polar surface area (TPSA) is 72.5 Å². The molecule has 5 heteroatoms. The van der Waals surface area contributed by atoms with Crippen LogP contribution in [0, 0.1) is 0 Å². The SMILES string of the molecule is CC(=O)NCc1ccc(C(=O)COc2ccc(C(C)=O)cc2)cc1. The molecule has 1 N–H and O–H groups in total. The van der Waals surface area contributed by atoms with Gasteiger partial charge in [-0.25, -0.2) is 0 Å². The zero-order chi connectivity index (χ0) is 17.5. The van der Waals surface area contributed by atoms with Crippen LogP contribution in [-0.4, -0.2) is 24.1 Å². The van der Waals surface area contributed by atoms with E-state index in [4.69, 9.17) is 4.74 Å². The van der Waals surface area contributed by atoms with Crippen molar-refractivity contribution in [1.82, 2.24) is 5.32 Å². The van der Waals surface area contributed by atoms with Crippen molar-refractivity contribution < 1.29 is 19.1 Å². The van der Waals surface area contributed by atoms with E-state index in [1.165, 1.54) is 13.8 Å². The van der Waals surface area contributed by atoms with Crippen LogP contribution < -0.4 is 10.1 Å². The van der Waals surface area contributed by atoms with Crippen molar-refractivity contribution in [2.75, 3.05) is 6.61 Å². The summed E-state index contributed by atoms with van der Waals surface area (Å²) in [5.41, 5.74) is 2.06. The van der Waals surface area contributed by atoms with Crippen LogP contribution in [0.15, 0.2) is 48.5 Å². The fourth-order valence-electron chi connectivity index (χ4n) is 2.05. The number of hydrogen-bond acceptors (Lipinski definition) is 4. The molecule has 124 valence electrons. The molecule has 0 aromatic heterocycles. The van der Waals surface area contributed by atoms with Crippen LogP contribution in [0.4, 0.5) is 0 Å². The highest BCUT2D eigenvalue weighted by Gasteiger charge is 2.07. The smallest absolute Gasteiger partial charge is 0.217 e. The molecule has 0 heterocycles. The average molecular weight is 325 g/mol. The summed E-state index contributed by atoms with van der Waals surface area (Å²) in [7, 11) is 0. The molecule has 5 nitrogen and oxygen atoms in total. The molecule has 0 aliphatic heterocycles. The van der Waals surface area contributed by atoms with Gasteiger partial charge in [-0.05, 0) is 36.8 Å². The van der Waals surface area contributed by atoms with Crippen molar-refractivity contribution in [3.63, 3.8) is 0 Å². The maximum Gasteiger partial charge on any atom is 0.217 e. The van der Waals surface area contributed by atoms with Gasteiger partial charge >= 0.3 is 0 Å². The number of carbonyl (C=O) groups excluding carboxylic acids is 3. The molecule has 0 unspecified atom stereocenters. The van der Waals surface area contributed by atoms with Crippen molar-refractivity contribution in [1.29, 1.82) is 0 Å². The van der Waals surface area contributed by atoms with Crippen LogP contribution >= 0.6 is 0 Å². The van der Waals surface area contributed by atoms with Crippen LogP contribution in [0.25, 0.3) is 0 Å². The highest BCUT2D eigenvalue weighted by molar-refractivity contribution is 5.97. The largest absolute Gasteiger partial charge is 0.485 e. The van der Waals surface area contributed by atoms with E-state index in [0.717, 1.165) is 5.56 Å². The number of nitrogens with one attached hydrogen (secondary N) is 1. The Labute approximate surface area is 140 Å². The Morgan fingerprint density at radius 1 is 0.875 bits per heavy atom. The lowest BCUT2D eigenvalue weighted by Crippen LogP contribution is -2.19. The summed E-state index contributed by atoms with van der Waals surface area (Å²) < 4.78 is 5.45. The Balaban J connectivity index is 1.90. The minimum absolute atomic E-state index is 0.0167. The number of ketones is 2. The third kappa shape index (κ3) is 5.05. The van der Waals surface area contributed by atoms with Crippen LogP contribution in [0.1, 0.15) is 40.1 Å². The van der Waals surface area contributed by atoms with Crippen LogP contribution in [-0.2, 0) is 11.3 Å². The van der Waals surface area contributed by atoms with Crippen LogP contribution in [0.5, 0.6) is 5.75 Å². The summed E-state index contributed by atoms with van der Waals surface area (Å²) in [6.45, 7) is 3.31. The van der Waals surface area contributed by atoms with Crippen LogP contribution in [0.3, 0.4) is 0 Å². The van der Waals surface area contributed by atoms with Crippen molar-refractivity contribution in [2.45, 2.75) is 20.4 Å². The van der Waals surface area contributed by atoms with E-state index in [0.29, 0.717) is 23.4 Å². The lowest BCUT2D eigenvalue weighted by Gasteiger charge is -2.07. The monoisotopic (exact) mass is 325 g/mol. The van der Waals surface area contributed by atoms with Gasteiger partial charge < -0.3 is 10.1 Å². The first-order chi connectivity index (χ1) is 11.5.